The van der Waals surface area contributed by atoms with Gasteiger partial charge in [-0.25, -0.2) is 0 Å². The van der Waals surface area contributed by atoms with Gasteiger partial charge in [0.25, 0.3) is 5.89 Å². The van der Waals surface area contributed by atoms with Gasteiger partial charge in [0.2, 0.25) is 5.91 Å². The van der Waals surface area contributed by atoms with Gasteiger partial charge in [0.1, 0.15) is 0 Å². The van der Waals surface area contributed by atoms with Crippen LogP contribution in [-0.2, 0) is 0 Å². The smallest absolute Gasteiger partial charge is 0.257 e. The number of nitrogens with two attached hydrogens (primary N) is 1. The lowest BCUT2D eigenvalue weighted by Gasteiger charge is -2.39. The SMILES string of the molecule is NC(=O)c1ccc(N2CCN(C(c3ccccc3)c3noc(-c4ccccc4)n3)CC2)cc1. The summed E-state index contributed by atoms with van der Waals surface area (Å²) in [5.74, 6) is 0.783. The zero-order valence-electron chi connectivity index (χ0n) is 18.2. The van der Waals surface area contributed by atoms with Gasteiger partial charge in [-0.15, -0.1) is 0 Å². The molecule has 2 N–H and O–H groups in total. The second-order valence-corrected chi connectivity index (χ2v) is 8.07. The molecule has 1 atom stereocenters. The molecule has 7 nitrogen and oxygen atoms in total. The molecule has 1 saturated heterocycles. The molecular formula is C26H25N5O2. The Morgan fingerprint density at radius 1 is 0.848 bits per heavy atom. The molecule has 1 aliphatic rings. The summed E-state index contributed by atoms with van der Waals surface area (Å²) in [6.07, 6.45) is 0. The van der Waals surface area contributed by atoms with Gasteiger partial charge in [-0.05, 0) is 42.0 Å². The van der Waals surface area contributed by atoms with E-state index < -0.39 is 5.91 Å². The molecule has 0 radical (unpaired) electrons. The van der Waals surface area contributed by atoms with Crippen LogP contribution in [-0.4, -0.2) is 47.1 Å². The number of primary amides is 1. The number of carbonyl (C=O) groups excluding carboxylic acids is 1. The summed E-state index contributed by atoms with van der Waals surface area (Å²) in [5.41, 5.74) is 9.02. The van der Waals surface area contributed by atoms with Crippen molar-refractivity contribution in [2.24, 2.45) is 5.73 Å². The van der Waals surface area contributed by atoms with Crippen molar-refractivity contribution in [1.29, 1.82) is 0 Å². The first-order valence-corrected chi connectivity index (χ1v) is 11.0. The summed E-state index contributed by atoms with van der Waals surface area (Å²) in [4.78, 5) is 20.8. The van der Waals surface area contributed by atoms with Crippen molar-refractivity contribution in [3.8, 4) is 11.5 Å². The summed E-state index contributed by atoms with van der Waals surface area (Å²) < 4.78 is 5.63. The maximum atomic E-state index is 11.4. The molecule has 0 bridgehead atoms. The van der Waals surface area contributed by atoms with Crippen molar-refractivity contribution in [1.82, 2.24) is 15.0 Å². The molecule has 33 heavy (non-hydrogen) atoms. The number of piperazine rings is 1. The van der Waals surface area contributed by atoms with E-state index in [9.17, 15) is 4.79 Å². The van der Waals surface area contributed by atoms with Gasteiger partial charge < -0.3 is 15.2 Å². The van der Waals surface area contributed by atoms with E-state index in [0.717, 1.165) is 43.0 Å². The van der Waals surface area contributed by atoms with Gasteiger partial charge in [-0.1, -0.05) is 53.7 Å². The molecule has 166 valence electrons. The lowest BCUT2D eigenvalue weighted by Crippen LogP contribution is -2.48. The Bertz CT molecular complexity index is 1200. The second-order valence-electron chi connectivity index (χ2n) is 8.07. The first-order chi connectivity index (χ1) is 16.2. The number of aromatic nitrogens is 2. The number of hydrogen-bond acceptors (Lipinski definition) is 6. The third kappa shape index (κ3) is 4.49. The molecule has 1 amide bonds. The Balaban J connectivity index is 1.37. The number of amides is 1. The van der Waals surface area contributed by atoms with Crippen molar-refractivity contribution in [3.05, 3.63) is 102 Å². The molecule has 4 aromatic rings. The zero-order valence-corrected chi connectivity index (χ0v) is 18.2. The topological polar surface area (TPSA) is 88.5 Å². The van der Waals surface area contributed by atoms with Gasteiger partial charge in [-0.3, -0.25) is 9.69 Å². The van der Waals surface area contributed by atoms with Gasteiger partial charge in [0.05, 0.1) is 6.04 Å². The Morgan fingerprint density at radius 2 is 1.48 bits per heavy atom. The summed E-state index contributed by atoms with van der Waals surface area (Å²) in [6.45, 7) is 3.38. The molecule has 5 rings (SSSR count). The molecule has 0 aliphatic carbocycles. The highest BCUT2D eigenvalue weighted by Gasteiger charge is 2.30. The van der Waals surface area contributed by atoms with Crippen LogP contribution in [0.25, 0.3) is 11.5 Å². The van der Waals surface area contributed by atoms with Crippen molar-refractivity contribution in [2.75, 3.05) is 31.1 Å². The van der Waals surface area contributed by atoms with E-state index >= 15 is 0 Å². The Hall–Kier alpha value is -3.97. The number of anilines is 1. The van der Waals surface area contributed by atoms with E-state index in [1.54, 1.807) is 12.1 Å². The van der Waals surface area contributed by atoms with Gasteiger partial charge in [0.15, 0.2) is 5.82 Å². The summed E-state index contributed by atoms with van der Waals surface area (Å²) >= 11 is 0. The highest BCUT2D eigenvalue weighted by Crippen LogP contribution is 2.30. The molecule has 2 heterocycles. The van der Waals surface area contributed by atoms with Gasteiger partial charge in [0, 0.05) is 43.0 Å². The zero-order chi connectivity index (χ0) is 22.6. The first-order valence-electron chi connectivity index (χ1n) is 11.0. The average Bonchev–Trinajstić information content (AvgIpc) is 3.36. The van der Waals surface area contributed by atoms with Crippen LogP contribution in [0, 0.1) is 0 Å². The Kier molecular flexibility index (Phi) is 5.87. The minimum Gasteiger partial charge on any atom is -0.369 e. The fourth-order valence-electron chi connectivity index (χ4n) is 4.28. The second kappa shape index (κ2) is 9.26. The van der Waals surface area contributed by atoms with Crippen molar-refractivity contribution >= 4 is 11.6 Å². The fraction of sp³-hybridized carbons (Fsp3) is 0.192. The maximum absolute atomic E-state index is 11.4. The minimum absolute atomic E-state index is 0.0909. The monoisotopic (exact) mass is 439 g/mol. The molecule has 7 heteroatoms. The molecular weight excluding hydrogens is 414 g/mol. The van der Waals surface area contributed by atoms with E-state index in [-0.39, 0.29) is 6.04 Å². The summed E-state index contributed by atoms with van der Waals surface area (Å²) in [6, 6.07) is 27.5. The number of rotatable bonds is 6. The molecule has 0 saturated carbocycles. The minimum atomic E-state index is -0.410. The number of benzene rings is 3. The van der Waals surface area contributed by atoms with Crippen LogP contribution in [0.3, 0.4) is 0 Å². The standard InChI is InChI=1S/C26H25N5O2/c27-24(32)20-11-13-22(14-12-20)30-15-17-31(18-16-30)23(19-7-3-1-4-8-19)25-28-26(33-29-25)21-9-5-2-6-10-21/h1-14,23H,15-18H2,(H2,27,32). The third-order valence-corrected chi connectivity index (χ3v) is 6.02. The van der Waals surface area contributed by atoms with E-state index in [2.05, 4.69) is 27.1 Å². The lowest BCUT2D eigenvalue weighted by atomic mass is 10.0. The number of carbonyl (C=O) groups is 1. The van der Waals surface area contributed by atoms with Crippen LogP contribution in [0.15, 0.2) is 89.5 Å². The normalized spacial score (nSPS) is 15.3. The quantitative estimate of drug-likeness (QED) is 0.492. The third-order valence-electron chi connectivity index (χ3n) is 6.02. The molecule has 1 aromatic heterocycles. The van der Waals surface area contributed by atoms with Crippen LogP contribution >= 0.6 is 0 Å². The molecule has 1 aliphatic heterocycles. The number of hydrogen-bond donors (Lipinski definition) is 1. The average molecular weight is 440 g/mol. The molecule has 3 aromatic carbocycles. The molecule has 1 unspecified atom stereocenters. The van der Waals surface area contributed by atoms with Crippen LogP contribution < -0.4 is 10.6 Å². The first kappa shape index (κ1) is 20.9. The maximum Gasteiger partial charge on any atom is 0.257 e. The van der Waals surface area contributed by atoms with Crippen LogP contribution in [0.1, 0.15) is 27.8 Å². The van der Waals surface area contributed by atoms with E-state index in [1.807, 2.05) is 60.7 Å². The van der Waals surface area contributed by atoms with Gasteiger partial charge in [-0.2, -0.15) is 4.98 Å². The fourth-order valence-corrected chi connectivity index (χ4v) is 4.28. The van der Waals surface area contributed by atoms with Crippen molar-refractivity contribution in [2.45, 2.75) is 6.04 Å². The van der Waals surface area contributed by atoms with E-state index in [1.165, 1.54) is 0 Å². The Morgan fingerprint density at radius 3 is 2.12 bits per heavy atom. The van der Waals surface area contributed by atoms with Crippen LogP contribution in [0.4, 0.5) is 5.69 Å². The number of nitrogens with zero attached hydrogens (tertiary/aromatic N) is 4. The van der Waals surface area contributed by atoms with E-state index in [4.69, 9.17) is 15.2 Å². The highest BCUT2D eigenvalue weighted by atomic mass is 16.5. The molecule has 0 spiro atoms. The predicted octanol–water partition coefficient (Wildman–Crippen LogP) is 3.75. The predicted molar refractivity (Wildman–Crippen MR) is 127 cm³/mol. The molecule has 1 fully saturated rings. The van der Waals surface area contributed by atoms with Crippen molar-refractivity contribution in [3.63, 3.8) is 0 Å². The van der Waals surface area contributed by atoms with Crippen molar-refractivity contribution < 1.29 is 9.32 Å². The van der Waals surface area contributed by atoms with Gasteiger partial charge >= 0.3 is 0 Å². The van der Waals surface area contributed by atoms with Crippen LogP contribution in [0.2, 0.25) is 0 Å². The summed E-state index contributed by atoms with van der Waals surface area (Å²) in [5, 5.41) is 4.36. The largest absolute Gasteiger partial charge is 0.369 e. The van der Waals surface area contributed by atoms with Crippen LogP contribution in [0.5, 0.6) is 0 Å². The lowest BCUT2D eigenvalue weighted by molar-refractivity contribution is 0.100. The van der Waals surface area contributed by atoms with E-state index in [0.29, 0.717) is 17.3 Å². The Labute approximate surface area is 192 Å². The summed E-state index contributed by atoms with van der Waals surface area (Å²) in [7, 11) is 0. The highest BCUT2D eigenvalue weighted by molar-refractivity contribution is 5.93.